The van der Waals surface area contributed by atoms with E-state index in [1.54, 1.807) is 11.3 Å². The second kappa shape index (κ2) is 8.08. The van der Waals surface area contributed by atoms with E-state index in [0.717, 1.165) is 43.0 Å². The van der Waals surface area contributed by atoms with Gasteiger partial charge in [-0.1, -0.05) is 30.4 Å². The van der Waals surface area contributed by atoms with Crippen LogP contribution in [0.5, 0.6) is 0 Å². The van der Waals surface area contributed by atoms with Crippen LogP contribution in [0.1, 0.15) is 31.7 Å². The molecule has 1 amide bonds. The van der Waals surface area contributed by atoms with Crippen LogP contribution in [0.3, 0.4) is 0 Å². The molecule has 1 aliphatic heterocycles. The number of para-hydroxylation sites is 1. The van der Waals surface area contributed by atoms with Crippen molar-refractivity contribution in [1.82, 2.24) is 10.3 Å². The zero-order valence-corrected chi connectivity index (χ0v) is 15.1. The smallest absolute Gasteiger partial charge is 0.255 e. The van der Waals surface area contributed by atoms with Crippen LogP contribution in [-0.4, -0.2) is 37.0 Å². The second-order valence-electron chi connectivity index (χ2n) is 6.44. The van der Waals surface area contributed by atoms with Gasteiger partial charge < -0.3 is 10.2 Å². The Kier molecular flexibility index (Phi) is 5.83. The first kappa shape index (κ1) is 18.0. The van der Waals surface area contributed by atoms with E-state index in [4.69, 9.17) is 4.98 Å². The van der Waals surface area contributed by atoms with Gasteiger partial charge in [-0.3, -0.25) is 4.79 Å². The number of benzene rings is 1. The summed E-state index contributed by atoms with van der Waals surface area (Å²) >= 11 is 1.71. The average Bonchev–Trinajstić information content (AvgIpc) is 3.04. The molecule has 25 heavy (non-hydrogen) atoms. The Morgan fingerprint density at radius 3 is 2.84 bits per heavy atom. The number of anilines is 1. The number of nitrogens with zero attached hydrogens (tertiary/aromatic N) is 2. The fourth-order valence-electron chi connectivity index (χ4n) is 3.27. The maximum atomic E-state index is 12.1. The number of alkyl halides is 2. The number of aromatic nitrogens is 1. The molecule has 1 aromatic carbocycles. The summed E-state index contributed by atoms with van der Waals surface area (Å²) in [7, 11) is 0. The molecule has 1 saturated heterocycles. The van der Waals surface area contributed by atoms with Crippen LogP contribution in [-0.2, 0) is 11.2 Å². The lowest BCUT2D eigenvalue weighted by Crippen LogP contribution is -2.36. The number of halogens is 2. The number of amides is 1. The minimum atomic E-state index is -2.49. The summed E-state index contributed by atoms with van der Waals surface area (Å²) in [5.41, 5.74) is 2.36. The SMILES string of the molecule is CCc1cccc2sc(N3CCC(CC(=O)NCC(F)F)CC3)nc12. The van der Waals surface area contributed by atoms with Gasteiger partial charge >= 0.3 is 0 Å². The van der Waals surface area contributed by atoms with E-state index in [1.807, 2.05) is 0 Å². The van der Waals surface area contributed by atoms with Gasteiger partial charge in [0.05, 0.1) is 16.8 Å². The van der Waals surface area contributed by atoms with Crippen molar-refractivity contribution < 1.29 is 13.6 Å². The minimum absolute atomic E-state index is 0.259. The van der Waals surface area contributed by atoms with Gasteiger partial charge in [0.25, 0.3) is 6.43 Å². The molecule has 2 aromatic rings. The van der Waals surface area contributed by atoms with Crippen molar-refractivity contribution >= 4 is 32.6 Å². The van der Waals surface area contributed by atoms with Crippen LogP contribution in [0.4, 0.5) is 13.9 Å². The van der Waals surface area contributed by atoms with Crippen LogP contribution >= 0.6 is 11.3 Å². The van der Waals surface area contributed by atoms with Crippen molar-refractivity contribution in [3.05, 3.63) is 23.8 Å². The number of carbonyl (C=O) groups is 1. The molecule has 4 nitrogen and oxygen atoms in total. The molecule has 0 atom stereocenters. The van der Waals surface area contributed by atoms with Crippen molar-refractivity contribution in [3.8, 4) is 0 Å². The predicted octanol–water partition coefficient (Wildman–Crippen LogP) is 3.85. The molecule has 1 N–H and O–H groups in total. The lowest BCUT2D eigenvalue weighted by Gasteiger charge is -2.31. The lowest BCUT2D eigenvalue weighted by molar-refractivity contribution is -0.122. The molecule has 0 unspecified atom stereocenters. The average molecular weight is 367 g/mol. The molecule has 0 bridgehead atoms. The highest BCUT2D eigenvalue weighted by molar-refractivity contribution is 7.22. The fourth-order valence-corrected chi connectivity index (χ4v) is 4.33. The maximum absolute atomic E-state index is 12.1. The Morgan fingerprint density at radius 2 is 2.16 bits per heavy atom. The Morgan fingerprint density at radius 1 is 1.40 bits per heavy atom. The minimum Gasteiger partial charge on any atom is -0.350 e. The number of hydrogen-bond donors (Lipinski definition) is 1. The largest absolute Gasteiger partial charge is 0.350 e. The number of piperidine rings is 1. The third-order valence-electron chi connectivity index (χ3n) is 4.68. The number of rotatable bonds is 6. The van der Waals surface area contributed by atoms with Crippen molar-refractivity contribution in [3.63, 3.8) is 0 Å². The fraction of sp³-hybridized carbons (Fsp3) is 0.556. The van der Waals surface area contributed by atoms with Gasteiger partial charge in [-0.2, -0.15) is 0 Å². The van der Waals surface area contributed by atoms with E-state index in [1.165, 1.54) is 10.3 Å². The van der Waals surface area contributed by atoms with Crippen molar-refractivity contribution in [2.24, 2.45) is 5.92 Å². The van der Waals surface area contributed by atoms with E-state index in [2.05, 4.69) is 35.3 Å². The maximum Gasteiger partial charge on any atom is 0.255 e. The van der Waals surface area contributed by atoms with Gasteiger partial charge in [0.2, 0.25) is 5.91 Å². The number of nitrogens with one attached hydrogen (secondary N) is 1. The molecule has 3 rings (SSSR count). The predicted molar refractivity (Wildman–Crippen MR) is 97.6 cm³/mol. The highest BCUT2D eigenvalue weighted by Crippen LogP contribution is 2.33. The zero-order chi connectivity index (χ0) is 17.8. The van der Waals surface area contributed by atoms with E-state index >= 15 is 0 Å². The Bertz CT molecular complexity index is 726. The molecule has 136 valence electrons. The number of hydrogen-bond acceptors (Lipinski definition) is 4. The molecule has 0 spiro atoms. The van der Waals surface area contributed by atoms with Crippen LogP contribution in [0, 0.1) is 5.92 Å². The van der Waals surface area contributed by atoms with Gasteiger partial charge in [0, 0.05) is 19.5 Å². The molecule has 1 aromatic heterocycles. The number of aryl methyl sites for hydroxylation is 1. The van der Waals surface area contributed by atoms with Crippen LogP contribution in [0.2, 0.25) is 0 Å². The summed E-state index contributed by atoms with van der Waals surface area (Å²) in [5.74, 6) is -0.0131. The van der Waals surface area contributed by atoms with Gasteiger partial charge in [0.15, 0.2) is 5.13 Å². The van der Waals surface area contributed by atoms with Crippen molar-refractivity contribution in [2.45, 2.75) is 39.0 Å². The third-order valence-corrected chi connectivity index (χ3v) is 5.77. The van der Waals surface area contributed by atoms with Gasteiger partial charge in [-0.05, 0) is 36.8 Å². The first-order valence-corrected chi connectivity index (χ1v) is 9.56. The summed E-state index contributed by atoms with van der Waals surface area (Å²) < 4.78 is 25.5. The van der Waals surface area contributed by atoms with Crippen molar-refractivity contribution in [1.29, 1.82) is 0 Å². The number of thiazole rings is 1. The van der Waals surface area contributed by atoms with Gasteiger partial charge in [0.1, 0.15) is 0 Å². The summed E-state index contributed by atoms with van der Waals surface area (Å²) in [6.45, 7) is 3.30. The molecule has 1 fully saturated rings. The Labute approximate surface area is 150 Å². The van der Waals surface area contributed by atoms with E-state index < -0.39 is 13.0 Å². The molecular formula is C18H23F2N3OS. The summed E-state index contributed by atoms with van der Waals surface area (Å²) in [5, 5.41) is 3.33. The second-order valence-corrected chi connectivity index (χ2v) is 7.45. The highest BCUT2D eigenvalue weighted by atomic mass is 32.1. The molecule has 0 radical (unpaired) electrons. The van der Waals surface area contributed by atoms with E-state index in [9.17, 15) is 13.6 Å². The van der Waals surface area contributed by atoms with Gasteiger partial charge in [-0.15, -0.1) is 0 Å². The quantitative estimate of drug-likeness (QED) is 0.844. The molecule has 0 aliphatic carbocycles. The zero-order valence-electron chi connectivity index (χ0n) is 14.3. The van der Waals surface area contributed by atoms with Crippen LogP contribution < -0.4 is 10.2 Å². The first-order chi connectivity index (χ1) is 12.1. The monoisotopic (exact) mass is 367 g/mol. The molecule has 1 aliphatic rings. The topological polar surface area (TPSA) is 45.2 Å². The van der Waals surface area contributed by atoms with Crippen LogP contribution in [0.15, 0.2) is 18.2 Å². The Hall–Kier alpha value is -1.76. The summed E-state index contributed by atoms with van der Waals surface area (Å²) in [4.78, 5) is 18.8. The van der Waals surface area contributed by atoms with Gasteiger partial charge in [-0.25, -0.2) is 13.8 Å². The molecular weight excluding hydrogens is 344 g/mol. The standard InChI is InChI=1S/C18H23F2N3OS/c1-2-13-4-3-5-14-17(13)22-18(25-14)23-8-6-12(7-9-23)10-16(24)21-11-15(19)20/h3-5,12,15H,2,6-11H2,1H3,(H,21,24). The highest BCUT2D eigenvalue weighted by Gasteiger charge is 2.24. The van der Waals surface area contributed by atoms with E-state index in [-0.39, 0.29) is 11.8 Å². The molecule has 2 heterocycles. The number of fused-ring (bicyclic) bond motifs is 1. The third kappa shape index (κ3) is 4.45. The number of carbonyl (C=O) groups excluding carboxylic acids is 1. The van der Waals surface area contributed by atoms with Crippen molar-refractivity contribution in [2.75, 3.05) is 24.5 Å². The summed E-state index contributed by atoms with van der Waals surface area (Å²) in [6.07, 6.45) is 0.589. The first-order valence-electron chi connectivity index (χ1n) is 8.75. The summed E-state index contributed by atoms with van der Waals surface area (Å²) in [6, 6.07) is 6.30. The van der Waals surface area contributed by atoms with E-state index in [0.29, 0.717) is 6.42 Å². The molecule has 7 heteroatoms. The molecule has 0 saturated carbocycles. The van der Waals surface area contributed by atoms with Crippen LogP contribution in [0.25, 0.3) is 10.2 Å². The normalized spacial score (nSPS) is 15.9. The lowest BCUT2D eigenvalue weighted by atomic mass is 9.93. The Balaban J connectivity index is 1.56.